The van der Waals surface area contributed by atoms with Gasteiger partial charge in [-0.2, -0.15) is 10.2 Å². The van der Waals surface area contributed by atoms with Gasteiger partial charge in [0.05, 0.1) is 5.70 Å². The van der Waals surface area contributed by atoms with Crippen molar-refractivity contribution < 1.29 is 0 Å². The highest BCUT2D eigenvalue weighted by molar-refractivity contribution is 5.84. The van der Waals surface area contributed by atoms with Gasteiger partial charge in [0, 0.05) is 5.56 Å². The highest BCUT2D eigenvalue weighted by Gasteiger charge is 2.44. The van der Waals surface area contributed by atoms with Crippen LogP contribution in [-0.2, 0) is 5.54 Å². The molecular weight excluding hydrogens is 280 g/mol. The zero-order valence-corrected chi connectivity index (χ0v) is 12.5. The summed E-state index contributed by atoms with van der Waals surface area (Å²) in [5.41, 5.74) is 6.53. The third kappa shape index (κ3) is 1.63. The topological polar surface area (TPSA) is 24.7 Å². The molecule has 0 N–H and O–H groups in total. The Balaban J connectivity index is 1.78. The van der Waals surface area contributed by atoms with Crippen molar-refractivity contribution in [1.29, 1.82) is 0 Å². The monoisotopic (exact) mass is 294 g/mol. The molecule has 108 valence electrons. The Bertz CT molecular complexity index is 922. The first-order valence-corrected chi connectivity index (χ1v) is 7.79. The van der Waals surface area contributed by atoms with Crippen molar-refractivity contribution in [2.24, 2.45) is 10.2 Å². The summed E-state index contributed by atoms with van der Waals surface area (Å²) in [6.07, 6.45) is 2.20. The van der Waals surface area contributed by atoms with Crippen LogP contribution in [0.3, 0.4) is 0 Å². The molecule has 23 heavy (non-hydrogen) atoms. The minimum atomic E-state index is -0.474. The Morgan fingerprint density at radius 1 is 0.609 bits per heavy atom. The molecule has 2 heteroatoms. The van der Waals surface area contributed by atoms with E-state index >= 15 is 0 Å². The lowest BCUT2D eigenvalue weighted by atomic mass is 9.87. The SMILES string of the molecule is C1=C(c2ccccc2)N=NC12c1ccccc1-c1ccccc12. The summed E-state index contributed by atoms with van der Waals surface area (Å²) >= 11 is 0. The molecule has 0 saturated carbocycles. The third-order valence-electron chi connectivity index (χ3n) is 4.70. The molecule has 1 aliphatic heterocycles. The normalized spacial score (nSPS) is 16.3. The number of hydrogen-bond acceptors (Lipinski definition) is 2. The van der Waals surface area contributed by atoms with E-state index in [2.05, 4.69) is 71.9 Å². The van der Waals surface area contributed by atoms with Crippen LogP contribution in [0.4, 0.5) is 0 Å². The first kappa shape index (κ1) is 12.5. The molecule has 0 fully saturated rings. The van der Waals surface area contributed by atoms with Crippen molar-refractivity contribution in [3.63, 3.8) is 0 Å². The Labute approximate surface area is 134 Å². The van der Waals surface area contributed by atoms with Gasteiger partial charge in [0.1, 0.15) is 0 Å². The Kier molecular flexibility index (Phi) is 2.45. The van der Waals surface area contributed by atoms with Gasteiger partial charge in [0.15, 0.2) is 5.54 Å². The van der Waals surface area contributed by atoms with E-state index in [1.807, 2.05) is 18.2 Å². The van der Waals surface area contributed by atoms with Crippen molar-refractivity contribution in [1.82, 2.24) is 0 Å². The predicted molar refractivity (Wildman–Crippen MR) is 91.9 cm³/mol. The molecule has 2 nitrogen and oxygen atoms in total. The average molecular weight is 294 g/mol. The van der Waals surface area contributed by atoms with E-state index in [9.17, 15) is 0 Å². The molecule has 0 atom stereocenters. The fourth-order valence-electron chi connectivity index (χ4n) is 3.65. The van der Waals surface area contributed by atoms with E-state index < -0.39 is 5.54 Å². The fourth-order valence-corrected chi connectivity index (χ4v) is 3.65. The molecule has 0 radical (unpaired) electrons. The summed E-state index contributed by atoms with van der Waals surface area (Å²) in [4.78, 5) is 0. The molecule has 5 rings (SSSR count). The Morgan fingerprint density at radius 2 is 1.17 bits per heavy atom. The second kappa shape index (κ2) is 4.50. The van der Waals surface area contributed by atoms with Crippen molar-refractivity contribution in [2.75, 3.05) is 0 Å². The van der Waals surface area contributed by atoms with Gasteiger partial charge >= 0.3 is 0 Å². The second-order valence-corrected chi connectivity index (χ2v) is 5.95. The molecule has 0 saturated heterocycles. The summed E-state index contributed by atoms with van der Waals surface area (Å²) in [6.45, 7) is 0. The smallest absolute Gasteiger partial charge is 0.154 e. The molecule has 1 heterocycles. The van der Waals surface area contributed by atoms with E-state index in [0.29, 0.717) is 0 Å². The summed E-state index contributed by atoms with van der Waals surface area (Å²) in [6, 6.07) is 27.3. The van der Waals surface area contributed by atoms with Gasteiger partial charge in [0.2, 0.25) is 0 Å². The van der Waals surface area contributed by atoms with Crippen LogP contribution in [-0.4, -0.2) is 0 Å². The quantitative estimate of drug-likeness (QED) is 0.572. The van der Waals surface area contributed by atoms with Crippen molar-refractivity contribution >= 4 is 5.70 Å². The van der Waals surface area contributed by atoms with Crippen LogP contribution in [0, 0.1) is 0 Å². The first-order chi connectivity index (χ1) is 11.4. The number of hydrogen-bond donors (Lipinski definition) is 0. The second-order valence-electron chi connectivity index (χ2n) is 5.95. The largest absolute Gasteiger partial charge is 0.168 e. The molecule has 0 bridgehead atoms. The van der Waals surface area contributed by atoms with Crippen LogP contribution in [0.15, 0.2) is 95.2 Å². The highest BCUT2D eigenvalue weighted by atomic mass is 15.2. The summed E-state index contributed by atoms with van der Waals surface area (Å²) in [5.74, 6) is 0. The molecule has 3 aromatic carbocycles. The molecule has 0 unspecified atom stereocenters. The Hall–Kier alpha value is -3.00. The van der Waals surface area contributed by atoms with Gasteiger partial charge in [-0.15, -0.1) is 0 Å². The molecule has 1 aliphatic carbocycles. The van der Waals surface area contributed by atoms with Crippen molar-refractivity contribution in [3.05, 3.63) is 102 Å². The minimum Gasteiger partial charge on any atom is -0.168 e. The van der Waals surface area contributed by atoms with Crippen molar-refractivity contribution in [2.45, 2.75) is 5.54 Å². The molecule has 0 amide bonds. The fraction of sp³-hybridized carbons (Fsp3) is 0.0476. The Morgan fingerprint density at radius 3 is 1.83 bits per heavy atom. The van der Waals surface area contributed by atoms with Gasteiger partial charge < -0.3 is 0 Å². The van der Waals surface area contributed by atoms with Gasteiger partial charge in [-0.25, -0.2) is 0 Å². The van der Waals surface area contributed by atoms with Crippen molar-refractivity contribution in [3.8, 4) is 11.1 Å². The van der Waals surface area contributed by atoms with Gasteiger partial charge in [0.25, 0.3) is 0 Å². The maximum atomic E-state index is 4.74. The lowest BCUT2D eigenvalue weighted by Gasteiger charge is -2.19. The first-order valence-electron chi connectivity index (χ1n) is 7.79. The zero-order valence-electron chi connectivity index (χ0n) is 12.5. The summed E-state index contributed by atoms with van der Waals surface area (Å²) in [5, 5.41) is 9.26. The zero-order chi connectivity index (χ0) is 15.3. The van der Waals surface area contributed by atoms with Gasteiger partial charge in [-0.1, -0.05) is 78.9 Å². The maximum Gasteiger partial charge on any atom is 0.154 e. The minimum absolute atomic E-state index is 0.474. The standard InChI is InChI=1S/C21H14N2/c1-2-8-15(9-3-1)20-14-21(23-22-20)18-12-6-4-10-16(18)17-11-5-7-13-19(17)21/h1-14H. The molecule has 0 aromatic heterocycles. The van der Waals surface area contributed by atoms with Crippen LogP contribution < -0.4 is 0 Å². The number of rotatable bonds is 1. The lowest BCUT2D eigenvalue weighted by molar-refractivity contribution is 0.689. The number of benzene rings is 3. The van der Waals surface area contributed by atoms with Crippen LogP contribution in [0.5, 0.6) is 0 Å². The third-order valence-corrected chi connectivity index (χ3v) is 4.70. The predicted octanol–water partition coefficient (Wildman–Crippen LogP) is 5.42. The van der Waals surface area contributed by atoms with Crippen LogP contribution >= 0.6 is 0 Å². The number of fused-ring (bicyclic) bond motifs is 5. The van der Waals surface area contributed by atoms with Crippen LogP contribution in [0.25, 0.3) is 16.8 Å². The summed E-state index contributed by atoms with van der Waals surface area (Å²) < 4.78 is 0. The molecule has 2 aliphatic rings. The van der Waals surface area contributed by atoms with E-state index in [4.69, 9.17) is 5.11 Å². The van der Waals surface area contributed by atoms with Crippen LogP contribution in [0.1, 0.15) is 16.7 Å². The molecule has 3 aromatic rings. The average Bonchev–Trinajstić information content (AvgIpc) is 3.19. The van der Waals surface area contributed by atoms with Gasteiger partial charge in [-0.3, -0.25) is 0 Å². The van der Waals surface area contributed by atoms with E-state index in [-0.39, 0.29) is 0 Å². The number of nitrogens with zero attached hydrogens (tertiary/aromatic N) is 2. The maximum absolute atomic E-state index is 4.74. The molecular formula is C21H14N2. The van der Waals surface area contributed by atoms with Gasteiger partial charge in [-0.05, 0) is 28.3 Å². The lowest BCUT2D eigenvalue weighted by Crippen LogP contribution is -2.17. The highest BCUT2D eigenvalue weighted by Crippen LogP contribution is 2.53. The molecule has 1 spiro atoms. The number of azo groups is 1. The summed E-state index contributed by atoms with van der Waals surface area (Å²) in [7, 11) is 0. The van der Waals surface area contributed by atoms with Crippen LogP contribution in [0.2, 0.25) is 0 Å². The van der Waals surface area contributed by atoms with E-state index in [0.717, 1.165) is 11.3 Å². The van der Waals surface area contributed by atoms with E-state index in [1.165, 1.54) is 22.3 Å². The van der Waals surface area contributed by atoms with E-state index in [1.54, 1.807) is 0 Å².